The molecule has 0 unspecified atom stereocenters. The fraction of sp³-hybridized carbons (Fsp3) is 0.333. The number of carbonyl (C=O) groups is 2. The number of aliphatic carboxylic acids is 1. The molecule has 0 radical (unpaired) electrons. The van der Waals surface area contributed by atoms with E-state index in [9.17, 15) is 9.59 Å². The molecule has 2 N–H and O–H groups in total. The number of hydrogen-bond acceptors (Lipinski definition) is 4. The van der Waals surface area contributed by atoms with E-state index in [0.29, 0.717) is 0 Å². The lowest BCUT2D eigenvalue weighted by Gasteiger charge is -2.14. The van der Waals surface area contributed by atoms with Gasteiger partial charge in [0.1, 0.15) is 11.7 Å². The quantitative estimate of drug-likeness (QED) is 0.801. The molecular formula is C12H13N3O3. The second-order valence-corrected chi connectivity index (χ2v) is 3.85. The highest BCUT2D eigenvalue weighted by atomic mass is 16.4. The van der Waals surface area contributed by atoms with Crippen LogP contribution in [0.5, 0.6) is 0 Å². The Balaban J connectivity index is 2.71. The standard InChI is InChI=1S/C12H13N3O3/c1-8(7-13)6-10(12(17)18)15-11(16)9-4-2-3-5-14-9/h2-5,8,10H,6H2,1H3,(H,15,16)(H,17,18)/t8-,10-/m1/s1. The maximum absolute atomic E-state index is 11.7. The monoisotopic (exact) mass is 247 g/mol. The van der Waals surface area contributed by atoms with Gasteiger partial charge in [0.05, 0.1) is 6.07 Å². The summed E-state index contributed by atoms with van der Waals surface area (Å²) in [5, 5.41) is 20.0. The summed E-state index contributed by atoms with van der Waals surface area (Å²) in [5.41, 5.74) is 0.147. The Morgan fingerprint density at radius 1 is 1.56 bits per heavy atom. The van der Waals surface area contributed by atoms with Gasteiger partial charge in [-0.05, 0) is 25.5 Å². The van der Waals surface area contributed by atoms with Crippen molar-refractivity contribution in [1.82, 2.24) is 10.3 Å². The Bertz CT molecular complexity index is 467. The average Bonchev–Trinajstić information content (AvgIpc) is 2.38. The number of carbonyl (C=O) groups excluding carboxylic acids is 1. The van der Waals surface area contributed by atoms with Gasteiger partial charge < -0.3 is 10.4 Å². The van der Waals surface area contributed by atoms with E-state index >= 15 is 0 Å². The van der Waals surface area contributed by atoms with Crippen LogP contribution >= 0.6 is 0 Å². The van der Waals surface area contributed by atoms with Crippen molar-refractivity contribution in [1.29, 1.82) is 5.26 Å². The van der Waals surface area contributed by atoms with Crippen LogP contribution in [-0.2, 0) is 4.79 Å². The minimum absolute atomic E-state index is 0.0599. The molecule has 6 heteroatoms. The van der Waals surface area contributed by atoms with Gasteiger partial charge in [-0.15, -0.1) is 0 Å². The van der Waals surface area contributed by atoms with E-state index in [1.54, 1.807) is 19.1 Å². The number of rotatable bonds is 5. The summed E-state index contributed by atoms with van der Waals surface area (Å²) < 4.78 is 0. The molecule has 0 saturated heterocycles. The van der Waals surface area contributed by atoms with Crippen LogP contribution in [0.15, 0.2) is 24.4 Å². The lowest BCUT2D eigenvalue weighted by Crippen LogP contribution is -2.42. The van der Waals surface area contributed by atoms with E-state index in [1.807, 2.05) is 6.07 Å². The second kappa shape index (κ2) is 6.35. The first-order chi connectivity index (χ1) is 8.54. The summed E-state index contributed by atoms with van der Waals surface area (Å²) in [6.07, 6.45) is 1.51. The Morgan fingerprint density at radius 3 is 2.78 bits per heavy atom. The molecule has 0 aromatic carbocycles. The highest BCUT2D eigenvalue weighted by Gasteiger charge is 2.23. The minimum atomic E-state index is -1.17. The summed E-state index contributed by atoms with van der Waals surface area (Å²) in [6.45, 7) is 1.60. The van der Waals surface area contributed by atoms with Crippen molar-refractivity contribution in [2.24, 2.45) is 5.92 Å². The lowest BCUT2D eigenvalue weighted by atomic mass is 10.0. The summed E-state index contributed by atoms with van der Waals surface area (Å²) in [7, 11) is 0. The highest BCUT2D eigenvalue weighted by Crippen LogP contribution is 2.06. The lowest BCUT2D eigenvalue weighted by molar-refractivity contribution is -0.139. The van der Waals surface area contributed by atoms with Crippen LogP contribution in [0, 0.1) is 17.2 Å². The zero-order valence-corrected chi connectivity index (χ0v) is 9.83. The molecule has 1 amide bonds. The van der Waals surface area contributed by atoms with Crippen LogP contribution in [0.2, 0.25) is 0 Å². The Hall–Kier alpha value is -2.42. The van der Waals surface area contributed by atoms with Gasteiger partial charge in [0, 0.05) is 12.1 Å². The zero-order valence-electron chi connectivity index (χ0n) is 9.83. The SMILES string of the molecule is C[C@@H](C#N)C[C@@H](NC(=O)c1ccccn1)C(=O)O. The highest BCUT2D eigenvalue weighted by molar-refractivity contribution is 5.94. The van der Waals surface area contributed by atoms with E-state index in [1.165, 1.54) is 12.3 Å². The largest absolute Gasteiger partial charge is 0.480 e. The molecule has 1 rings (SSSR count). The second-order valence-electron chi connectivity index (χ2n) is 3.85. The molecule has 1 heterocycles. The third-order valence-electron chi connectivity index (χ3n) is 2.31. The summed E-state index contributed by atoms with van der Waals surface area (Å²) in [4.78, 5) is 26.5. The first-order valence-electron chi connectivity index (χ1n) is 5.39. The molecule has 0 fully saturated rings. The van der Waals surface area contributed by atoms with Gasteiger partial charge in [0.25, 0.3) is 5.91 Å². The van der Waals surface area contributed by atoms with Gasteiger partial charge in [-0.1, -0.05) is 6.07 Å². The van der Waals surface area contributed by atoms with Crippen molar-refractivity contribution in [3.05, 3.63) is 30.1 Å². The zero-order chi connectivity index (χ0) is 13.5. The van der Waals surface area contributed by atoms with Crippen molar-refractivity contribution in [2.75, 3.05) is 0 Å². The smallest absolute Gasteiger partial charge is 0.326 e. The third-order valence-corrected chi connectivity index (χ3v) is 2.31. The minimum Gasteiger partial charge on any atom is -0.480 e. The molecule has 0 spiro atoms. The number of hydrogen-bond donors (Lipinski definition) is 2. The van der Waals surface area contributed by atoms with Crippen molar-refractivity contribution < 1.29 is 14.7 Å². The molecule has 0 aliphatic heterocycles. The average molecular weight is 247 g/mol. The van der Waals surface area contributed by atoms with Gasteiger partial charge in [0.15, 0.2) is 0 Å². The van der Waals surface area contributed by atoms with Gasteiger partial charge >= 0.3 is 5.97 Å². The summed E-state index contributed by atoms with van der Waals surface area (Å²) in [6, 6.07) is 5.62. The molecule has 0 aliphatic carbocycles. The first kappa shape index (κ1) is 13.6. The van der Waals surface area contributed by atoms with E-state index < -0.39 is 23.8 Å². The Morgan fingerprint density at radius 2 is 2.28 bits per heavy atom. The number of aromatic nitrogens is 1. The number of amides is 1. The molecule has 1 aromatic rings. The van der Waals surface area contributed by atoms with Crippen LogP contribution in [0.3, 0.4) is 0 Å². The molecule has 18 heavy (non-hydrogen) atoms. The van der Waals surface area contributed by atoms with E-state index in [4.69, 9.17) is 10.4 Å². The third kappa shape index (κ3) is 3.87. The van der Waals surface area contributed by atoms with Gasteiger partial charge in [-0.2, -0.15) is 5.26 Å². The molecule has 94 valence electrons. The molecule has 0 saturated carbocycles. The molecule has 0 aliphatic rings. The van der Waals surface area contributed by atoms with Crippen molar-refractivity contribution in [3.8, 4) is 6.07 Å². The number of carboxylic acids is 1. The number of nitrogens with zero attached hydrogens (tertiary/aromatic N) is 2. The van der Waals surface area contributed by atoms with Gasteiger partial charge in [-0.3, -0.25) is 9.78 Å². The number of pyridine rings is 1. The van der Waals surface area contributed by atoms with Crippen LogP contribution in [0.25, 0.3) is 0 Å². The maximum Gasteiger partial charge on any atom is 0.326 e. The molecular weight excluding hydrogens is 234 g/mol. The van der Waals surface area contributed by atoms with Crippen molar-refractivity contribution >= 4 is 11.9 Å². The van der Waals surface area contributed by atoms with Crippen LogP contribution < -0.4 is 5.32 Å². The molecule has 1 aromatic heterocycles. The Kier molecular flexibility index (Phi) is 4.81. The topological polar surface area (TPSA) is 103 Å². The van der Waals surface area contributed by atoms with Crippen molar-refractivity contribution in [2.45, 2.75) is 19.4 Å². The van der Waals surface area contributed by atoms with E-state index in [-0.39, 0.29) is 12.1 Å². The Labute approximate surface area is 104 Å². The normalized spacial score (nSPS) is 13.1. The van der Waals surface area contributed by atoms with Crippen LogP contribution in [-0.4, -0.2) is 28.0 Å². The van der Waals surface area contributed by atoms with E-state index in [2.05, 4.69) is 10.3 Å². The number of nitrogens with one attached hydrogen (secondary N) is 1. The predicted molar refractivity (Wildman–Crippen MR) is 62.5 cm³/mol. The van der Waals surface area contributed by atoms with Gasteiger partial charge in [-0.25, -0.2) is 4.79 Å². The predicted octanol–water partition coefficient (Wildman–Crippen LogP) is 0.814. The fourth-order valence-electron chi connectivity index (χ4n) is 1.36. The number of carboxylic acid groups (broad SMARTS) is 1. The summed E-state index contributed by atoms with van der Waals surface area (Å²) in [5.74, 6) is -2.18. The molecule has 0 bridgehead atoms. The number of nitriles is 1. The summed E-state index contributed by atoms with van der Waals surface area (Å²) >= 11 is 0. The van der Waals surface area contributed by atoms with Crippen molar-refractivity contribution in [3.63, 3.8) is 0 Å². The fourth-order valence-corrected chi connectivity index (χ4v) is 1.36. The van der Waals surface area contributed by atoms with Crippen LogP contribution in [0.1, 0.15) is 23.8 Å². The molecule has 6 nitrogen and oxygen atoms in total. The van der Waals surface area contributed by atoms with Crippen LogP contribution in [0.4, 0.5) is 0 Å². The molecule has 2 atom stereocenters. The van der Waals surface area contributed by atoms with Gasteiger partial charge in [0.2, 0.25) is 0 Å². The van der Waals surface area contributed by atoms with E-state index in [0.717, 1.165) is 0 Å². The maximum atomic E-state index is 11.7. The first-order valence-corrected chi connectivity index (χ1v) is 5.39.